The van der Waals surface area contributed by atoms with Crippen molar-refractivity contribution in [2.75, 3.05) is 7.11 Å². The highest BCUT2D eigenvalue weighted by Gasteiger charge is 2.11. The van der Waals surface area contributed by atoms with Gasteiger partial charge in [0.2, 0.25) is 0 Å². The van der Waals surface area contributed by atoms with E-state index in [1.165, 1.54) is 25.3 Å². The Bertz CT molecular complexity index is 1000. The number of nitrogens with zero attached hydrogens (tertiary/aromatic N) is 1. The van der Waals surface area contributed by atoms with Crippen molar-refractivity contribution in [1.82, 2.24) is 9.97 Å². The summed E-state index contributed by atoms with van der Waals surface area (Å²) in [5.41, 5.74) is 1.53. The maximum atomic E-state index is 13.0. The van der Waals surface area contributed by atoms with Crippen molar-refractivity contribution in [1.29, 1.82) is 0 Å². The van der Waals surface area contributed by atoms with Crippen molar-refractivity contribution in [3.63, 3.8) is 0 Å². The number of thioether (sulfide) groups is 1. The molecule has 0 radical (unpaired) electrons. The smallest absolute Gasteiger partial charge is 0.337 e. The van der Waals surface area contributed by atoms with Gasteiger partial charge >= 0.3 is 5.97 Å². The Balaban J connectivity index is 1.82. The highest BCUT2D eigenvalue weighted by atomic mass is 32.2. The Morgan fingerprint density at radius 1 is 1.27 bits per heavy atom. The monoisotopic (exact) mass is 372 g/mol. The molecular weight excluding hydrogens is 355 g/mol. The molecule has 0 bridgehead atoms. The van der Waals surface area contributed by atoms with Crippen LogP contribution >= 0.6 is 11.8 Å². The fraction of sp³-hybridized carbons (Fsp3) is 0.211. The van der Waals surface area contributed by atoms with Gasteiger partial charge in [-0.1, -0.05) is 12.1 Å². The van der Waals surface area contributed by atoms with Crippen LogP contribution in [0.2, 0.25) is 0 Å². The summed E-state index contributed by atoms with van der Waals surface area (Å²) >= 11 is 1.57. The number of hydrogen-bond donors (Lipinski definition) is 1. The molecule has 3 aromatic rings. The Kier molecular flexibility index (Phi) is 5.37. The summed E-state index contributed by atoms with van der Waals surface area (Å²) in [5, 5.41) is 0.524. The van der Waals surface area contributed by atoms with E-state index in [0.717, 1.165) is 5.56 Å². The van der Waals surface area contributed by atoms with Crippen molar-refractivity contribution >= 4 is 28.6 Å². The van der Waals surface area contributed by atoms with Crippen LogP contribution in [-0.2, 0) is 10.5 Å². The molecule has 1 aromatic heterocycles. The Labute approximate surface area is 153 Å². The number of ether oxygens (including phenoxy) is 1. The zero-order valence-electron chi connectivity index (χ0n) is 14.3. The molecule has 3 rings (SSSR count). The zero-order valence-corrected chi connectivity index (χ0v) is 15.1. The van der Waals surface area contributed by atoms with Gasteiger partial charge in [0, 0.05) is 5.25 Å². The minimum absolute atomic E-state index is 0.109. The molecule has 1 N–H and O–H groups in total. The van der Waals surface area contributed by atoms with E-state index >= 15 is 0 Å². The van der Waals surface area contributed by atoms with Crippen molar-refractivity contribution in [3.8, 4) is 0 Å². The first kappa shape index (κ1) is 18.1. The lowest BCUT2D eigenvalue weighted by molar-refractivity contribution is 0.0601. The molecule has 0 aliphatic rings. The molecule has 0 amide bonds. The van der Waals surface area contributed by atoms with E-state index in [2.05, 4.69) is 9.97 Å². The number of nitrogens with one attached hydrogen (secondary N) is 1. The van der Waals surface area contributed by atoms with Gasteiger partial charge in [0.05, 0.1) is 29.3 Å². The Morgan fingerprint density at radius 3 is 2.69 bits per heavy atom. The van der Waals surface area contributed by atoms with Crippen LogP contribution in [0.15, 0.2) is 47.3 Å². The number of methoxy groups -OCH3 is 1. The molecule has 7 heteroatoms. The van der Waals surface area contributed by atoms with E-state index in [1.54, 1.807) is 36.0 Å². The predicted molar refractivity (Wildman–Crippen MR) is 99.8 cm³/mol. The molecule has 0 aliphatic carbocycles. The van der Waals surface area contributed by atoms with Crippen LogP contribution in [-0.4, -0.2) is 23.0 Å². The molecule has 134 valence electrons. The number of H-pyrrole nitrogens is 1. The highest BCUT2D eigenvalue weighted by Crippen LogP contribution is 2.30. The summed E-state index contributed by atoms with van der Waals surface area (Å²) in [6.07, 6.45) is 0. The van der Waals surface area contributed by atoms with Crippen molar-refractivity contribution in [2.45, 2.75) is 17.9 Å². The molecule has 1 unspecified atom stereocenters. The van der Waals surface area contributed by atoms with E-state index < -0.39 is 5.97 Å². The third kappa shape index (κ3) is 3.94. The van der Waals surface area contributed by atoms with E-state index in [4.69, 9.17) is 4.74 Å². The van der Waals surface area contributed by atoms with Crippen LogP contribution < -0.4 is 5.56 Å². The third-order valence-electron chi connectivity index (χ3n) is 3.99. The fourth-order valence-corrected chi connectivity index (χ4v) is 3.43. The number of benzene rings is 2. The second-order valence-corrected chi connectivity index (χ2v) is 7.07. The topological polar surface area (TPSA) is 72.1 Å². The van der Waals surface area contributed by atoms with Gasteiger partial charge < -0.3 is 9.72 Å². The van der Waals surface area contributed by atoms with Crippen LogP contribution in [0.3, 0.4) is 0 Å². The highest BCUT2D eigenvalue weighted by molar-refractivity contribution is 7.98. The first-order valence-electron chi connectivity index (χ1n) is 7.96. The van der Waals surface area contributed by atoms with E-state index in [0.29, 0.717) is 28.0 Å². The van der Waals surface area contributed by atoms with Gasteiger partial charge in [-0.15, -0.1) is 11.8 Å². The average Bonchev–Trinajstić information content (AvgIpc) is 2.65. The SMILES string of the molecule is COC(=O)c1ccc2c(=O)[nH]c(CSC(C)c3ccc(F)cc3)nc2c1. The lowest BCUT2D eigenvalue weighted by atomic mass is 10.1. The summed E-state index contributed by atoms with van der Waals surface area (Å²) in [6, 6.07) is 11.0. The van der Waals surface area contributed by atoms with Crippen molar-refractivity contribution in [3.05, 3.63) is 75.6 Å². The van der Waals surface area contributed by atoms with E-state index in [-0.39, 0.29) is 16.6 Å². The number of esters is 1. The largest absolute Gasteiger partial charge is 0.465 e. The quantitative estimate of drug-likeness (QED) is 0.689. The van der Waals surface area contributed by atoms with Gasteiger partial charge in [0.1, 0.15) is 11.6 Å². The van der Waals surface area contributed by atoms with Gasteiger partial charge in [0.15, 0.2) is 0 Å². The van der Waals surface area contributed by atoms with Gasteiger partial charge in [-0.05, 0) is 42.8 Å². The summed E-state index contributed by atoms with van der Waals surface area (Å²) in [7, 11) is 1.30. The van der Waals surface area contributed by atoms with Crippen LogP contribution in [0.25, 0.3) is 10.9 Å². The summed E-state index contributed by atoms with van der Waals surface area (Å²) in [6.45, 7) is 2.01. The minimum Gasteiger partial charge on any atom is -0.465 e. The molecule has 0 aliphatic heterocycles. The lowest BCUT2D eigenvalue weighted by Gasteiger charge is -2.11. The number of aromatic nitrogens is 2. The molecule has 0 saturated carbocycles. The Hall–Kier alpha value is -2.67. The van der Waals surface area contributed by atoms with Crippen LogP contribution in [0.4, 0.5) is 4.39 Å². The van der Waals surface area contributed by atoms with E-state index in [9.17, 15) is 14.0 Å². The molecule has 0 fully saturated rings. The second kappa shape index (κ2) is 7.70. The molecule has 0 spiro atoms. The van der Waals surface area contributed by atoms with Crippen LogP contribution in [0.1, 0.15) is 33.9 Å². The second-order valence-electron chi connectivity index (χ2n) is 5.74. The average molecular weight is 372 g/mol. The van der Waals surface area contributed by atoms with Crippen LogP contribution in [0.5, 0.6) is 0 Å². The van der Waals surface area contributed by atoms with Crippen molar-refractivity contribution < 1.29 is 13.9 Å². The number of aromatic amines is 1. The summed E-state index contributed by atoms with van der Waals surface area (Å²) in [4.78, 5) is 31.1. The fourth-order valence-electron chi connectivity index (χ4n) is 2.54. The number of rotatable bonds is 5. The predicted octanol–water partition coefficient (Wildman–Crippen LogP) is 3.84. The van der Waals surface area contributed by atoms with Gasteiger partial charge in [-0.2, -0.15) is 0 Å². The van der Waals surface area contributed by atoms with Crippen LogP contribution in [0, 0.1) is 5.82 Å². The zero-order chi connectivity index (χ0) is 18.7. The first-order valence-corrected chi connectivity index (χ1v) is 9.01. The molecule has 2 aromatic carbocycles. The third-order valence-corrected chi connectivity index (χ3v) is 5.20. The summed E-state index contributed by atoms with van der Waals surface area (Å²) < 4.78 is 17.7. The van der Waals surface area contributed by atoms with Crippen molar-refractivity contribution in [2.24, 2.45) is 0 Å². The Morgan fingerprint density at radius 2 is 2.00 bits per heavy atom. The molecule has 5 nitrogen and oxygen atoms in total. The maximum Gasteiger partial charge on any atom is 0.337 e. The first-order chi connectivity index (χ1) is 12.5. The number of hydrogen-bond acceptors (Lipinski definition) is 5. The molecular formula is C19H17FN2O3S. The minimum atomic E-state index is -0.477. The lowest BCUT2D eigenvalue weighted by Crippen LogP contribution is -2.12. The maximum absolute atomic E-state index is 13.0. The molecule has 26 heavy (non-hydrogen) atoms. The molecule has 1 heterocycles. The normalized spacial score (nSPS) is 12.1. The standard InChI is InChI=1S/C19H17FN2O3S/c1-11(12-3-6-14(20)7-4-12)26-10-17-21-16-9-13(19(24)25-2)5-8-15(16)18(23)22-17/h3-9,11H,10H2,1-2H3,(H,21,22,23). The summed E-state index contributed by atoms with van der Waals surface area (Å²) in [5.74, 6) is 0.248. The number of carbonyl (C=O) groups excluding carboxylic acids is 1. The molecule has 0 saturated heterocycles. The number of halogens is 1. The number of fused-ring (bicyclic) bond motifs is 1. The number of carbonyl (C=O) groups is 1. The van der Waals surface area contributed by atoms with Gasteiger partial charge in [-0.3, -0.25) is 4.79 Å². The van der Waals surface area contributed by atoms with Gasteiger partial charge in [0.25, 0.3) is 5.56 Å². The van der Waals surface area contributed by atoms with E-state index in [1.807, 2.05) is 6.92 Å². The molecule has 1 atom stereocenters. The van der Waals surface area contributed by atoms with Gasteiger partial charge in [-0.25, -0.2) is 14.2 Å².